The average molecular weight is 317 g/mol. The molecule has 116 valence electrons. The molecule has 1 aromatic carbocycles. The fraction of sp³-hybridized carbons (Fsp3) is 0.533. The van der Waals surface area contributed by atoms with Crippen molar-refractivity contribution in [3.63, 3.8) is 0 Å². The molecule has 0 spiro atoms. The lowest BCUT2D eigenvalue weighted by molar-refractivity contribution is -0.159. The molecule has 1 heterocycles. The van der Waals surface area contributed by atoms with Gasteiger partial charge in [0.05, 0.1) is 17.7 Å². The van der Waals surface area contributed by atoms with Crippen molar-refractivity contribution in [2.24, 2.45) is 0 Å². The SMILES string of the molecule is CC(OCC1CCCO1)C(=O)OCc1c(F)cccc1Cl. The number of ether oxygens (including phenoxy) is 3. The van der Waals surface area contributed by atoms with Gasteiger partial charge in [-0.3, -0.25) is 0 Å². The minimum Gasteiger partial charge on any atom is -0.459 e. The van der Waals surface area contributed by atoms with E-state index in [0.717, 1.165) is 19.4 Å². The lowest BCUT2D eigenvalue weighted by atomic mass is 10.2. The topological polar surface area (TPSA) is 44.8 Å². The summed E-state index contributed by atoms with van der Waals surface area (Å²) in [4.78, 5) is 11.8. The molecular weight excluding hydrogens is 299 g/mol. The monoisotopic (exact) mass is 316 g/mol. The van der Waals surface area contributed by atoms with Crippen molar-refractivity contribution in [2.75, 3.05) is 13.2 Å². The van der Waals surface area contributed by atoms with Crippen LogP contribution in [0.15, 0.2) is 18.2 Å². The van der Waals surface area contributed by atoms with E-state index < -0.39 is 17.9 Å². The summed E-state index contributed by atoms with van der Waals surface area (Å²) in [5.41, 5.74) is 0.166. The quantitative estimate of drug-likeness (QED) is 0.756. The van der Waals surface area contributed by atoms with Gasteiger partial charge in [-0.25, -0.2) is 9.18 Å². The van der Waals surface area contributed by atoms with Crippen LogP contribution in [-0.2, 0) is 25.6 Å². The molecule has 0 saturated carbocycles. The summed E-state index contributed by atoms with van der Waals surface area (Å²) in [6, 6.07) is 4.31. The normalized spacial score (nSPS) is 19.5. The van der Waals surface area contributed by atoms with Crippen molar-refractivity contribution in [1.82, 2.24) is 0 Å². The number of halogens is 2. The first-order chi connectivity index (χ1) is 10.1. The molecule has 0 bridgehead atoms. The molecule has 0 amide bonds. The number of hydrogen-bond donors (Lipinski definition) is 0. The number of carbonyl (C=O) groups is 1. The summed E-state index contributed by atoms with van der Waals surface area (Å²) in [6.07, 6.45) is 1.27. The smallest absolute Gasteiger partial charge is 0.335 e. The van der Waals surface area contributed by atoms with Crippen molar-refractivity contribution in [3.8, 4) is 0 Å². The maximum atomic E-state index is 13.5. The van der Waals surface area contributed by atoms with Crippen LogP contribution in [0.4, 0.5) is 4.39 Å². The highest BCUT2D eigenvalue weighted by molar-refractivity contribution is 6.31. The highest BCUT2D eigenvalue weighted by Gasteiger charge is 2.21. The zero-order valence-corrected chi connectivity index (χ0v) is 12.6. The van der Waals surface area contributed by atoms with E-state index in [2.05, 4.69) is 0 Å². The van der Waals surface area contributed by atoms with E-state index in [1.165, 1.54) is 12.1 Å². The summed E-state index contributed by atoms with van der Waals surface area (Å²) in [6.45, 7) is 2.48. The van der Waals surface area contributed by atoms with Crippen LogP contribution >= 0.6 is 11.6 Å². The zero-order valence-electron chi connectivity index (χ0n) is 11.8. The number of hydrogen-bond acceptors (Lipinski definition) is 4. The van der Waals surface area contributed by atoms with E-state index in [9.17, 15) is 9.18 Å². The van der Waals surface area contributed by atoms with Gasteiger partial charge in [0, 0.05) is 12.2 Å². The van der Waals surface area contributed by atoms with E-state index in [-0.39, 0.29) is 23.3 Å². The van der Waals surface area contributed by atoms with Crippen molar-refractivity contribution in [3.05, 3.63) is 34.6 Å². The first-order valence-corrected chi connectivity index (χ1v) is 7.28. The Morgan fingerprint density at radius 1 is 1.57 bits per heavy atom. The van der Waals surface area contributed by atoms with Crippen LogP contribution in [0.1, 0.15) is 25.3 Å². The molecule has 2 atom stereocenters. The maximum Gasteiger partial charge on any atom is 0.335 e. The Bertz CT molecular complexity index is 468. The molecule has 1 aromatic rings. The largest absolute Gasteiger partial charge is 0.459 e. The molecule has 0 N–H and O–H groups in total. The molecule has 1 saturated heterocycles. The number of carbonyl (C=O) groups excluding carboxylic acids is 1. The molecule has 1 aliphatic rings. The van der Waals surface area contributed by atoms with Gasteiger partial charge in [-0.1, -0.05) is 17.7 Å². The van der Waals surface area contributed by atoms with Gasteiger partial charge in [0.1, 0.15) is 12.4 Å². The van der Waals surface area contributed by atoms with E-state index in [4.69, 9.17) is 25.8 Å². The number of benzene rings is 1. The van der Waals surface area contributed by atoms with Crippen molar-refractivity contribution in [2.45, 2.75) is 38.6 Å². The summed E-state index contributed by atoms with van der Waals surface area (Å²) < 4.78 is 29.4. The Morgan fingerprint density at radius 3 is 3.05 bits per heavy atom. The van der Waals surface area contributed by atoms with Crippen molar-refractivity contribution < 1.29 is 23.4 Å². The van der Waals surface area contributed by atoms with Crippen molar-refractivity contribution >= 4 is 17.6 Å². The van der Waals surface area contributed by atoms with Gasteiger partial charge >= 0.3 is 5.97 Å². The maximum absolute atomic E-state index is 13.5. The molecule has 6 heteroatoms. The van der Waals surface area contributed by atoms with Crippen LogP contribution in [0.5, 0.6) is 0 Å². The fourth-order valence-corrected chi connectivity index (χ4v) is 2.24. The minimum absolute atomic E-state index is 0.0428. The summed E-state index contributed by atoms with van der Waals surface area (Å²) in [5.74, 6) is -1.05. The van der Waals surface area contributed by atoms with Crippen LogP contribution in [-0.4, -0.2) is 31.4 Å². The third kappa shape index (κ3) is 4.66. The second-order valence-electron chi connectivity index (χ2n) is 4.92. The van der Waals surface area contributed by atoms with Gasteiger partial charge in [-0.2, -0.15) is 0 Å². The van der Waals surface area contributed by atoms with Crippen molar-refractivity contribution in [1.29, 1.82) is 0 Å². The molecule has 1 aliphatic heterocycles. The van der Waals surface area contributed by atoms with Gasteiger partial charge in [-0.15, -0.1) is 0 Å². The molecular formula is C15H18ClFO4. The number of rotatable bonds is 6. The van der Waals surface area contributed by atoms with Gasteiger partial charge in [0.25, 0.3) is 0 Å². The Labute approximate surface area is 128 Å². The second kappa shape index (κ2) is 7.73. The first-order valence-electron chi connectivity index (χ1n) is 6.90. The molecule has 0 aliphatic carbocycles. The van der Waals surface area contributed by atoms with E-state index in [0.29, 0.717) is 6.61 Å². The molecule has 0 aromatic heterocycles. The lowest BCUT2D eigenvalue weighted by Gasteiger charge is -2.16. The first kappa shape index (κ1) is 16.2. The highest BCUT2D eigenvalue weighted by atomic mass is 35.5. The molecule has 0 radical (unpaired) electrons. The number of esters is 1. The van der Waals surface area contributed by atoms with E-state index >= 15 is 0 Å². The Morgan fingerprint density at radius 2 is 2.38 bits per heavy atom. The van der Waals surface area contributed by atoms with Gasteiger partial charge in [0.2, 0.25) is 0 Å². The zero-order chi connectivity index (χ0) is 15.2. The van der Waals surface area contributed by atoms with Gasteiger partial charge in [0.15, 0.2) is 6.10 Å². The summed E-state index contributed by atoms with van der Waals surface area (Å²) in [5, 5.41) is 0.232. The standard InChI is InChI=1S/C15H18ClFO4/c1-10(20-8-11-4-3-7-19-11)15(18)21-9-12-13(16)5-2-6-14(12)17/h2,5-6,10-11H,3-4,7-9H2,1H3. The molecule has 4 nitrogen and oxygen atoms in total. The van der Waals surface area contributed by atoms with E-state index in [1.54, 1.807) is 13.0 Å². The van der Waals surface area contributed by atoms with Gasteiger partial charge < -0.3 is 14.2 Å². The molecule has 1 fully saturated rings. The highest BCUT2D eigenvalue weighted by Crippen LogP contribution is 2.20. The summed E-state index contributed by atoms with van der Waals surface area (Å²) in [7, 11) is 0. The average Bonchev–Trinajstić information content (AvgIpc) is 2.97. The fourth-order valence-electron chi connectivity index (χ4n) is 2.03. The molecule has 2 unspecified atom stereocenters. The van der Waals surface area contributed by atoms with Gasteiger partial charge in [-0.05, 0) is 31.9 Å². The predicted octanol–water partition coefficient (Wildman–Crippen LogP) is 3.11. The van der Waals surface area contributed by atoms with Crippen LogP contribution in [0.2, 0.25) is 5.02 Å². The third-order valence-electron chi connectivity index (χ3n) is 3.31. The van der Waals surface area contributed by atoms with Crippen LogP contribution in [0.3, 0.4) is 0 Å². The summed E-state index contributed by atoms with van der Waals surface area (Å²) >= 11 is 5.86. The molecule has 2 rings (SSSR count). The minimum atomic E-state index is -0.722. The Balaban J connectivity index is 1.78. The second-order valence-corrected chi connectivity index (χ2v) is 5.33. The Hall–Kier alpha value is -1.17. The van der Waals surface area contributed by atoms with Crippen LogP contribution in [0, 0.1) is 5.82 Å². The Kier molecular flexibility index (Phi) is 5.96. The predicted molar refractivity (Wildman–Crippen MR) is 75.6 cm³/mol. The third-order valence-corrected chi connectivity index (χ3v) is 3.66. The van der Waals surface area contributed by atoms with E-state index in [1.807, 2.05) is 0 Å². The molecule has 21 heavy (non-hydrogen) atoms. The lowest BCUT2D eigenvalue weighted by Crippen LogP contribution is -2.27. The van der Waals surface area contributed by atoms with Crippen LogP contribution < -0.4 is 0 Å². The van der Waals surface area contributed by atoms with Crippen LogP contribution in [0.25, 0.3) is 0 Å².